The van der Waals surface area contributed by atoms with Crippen LogP contribution < -0.4 is 5.73 Å². The van der Waals surface area contributed by atoms with E-state index in [1.54, 1.807) is 0 Å². The monoisotopic (exact) mass is 242 g/mol. The van der Waals surface area contributed by atoms with Crippen LogP contribution in [0.4, 0.5) is 0 Å². The van der Waals surface area contributed by atoms with E-state index in [1.807, 2.05) is 41.2 Å². The Morgan fingerprint density at radius 1 is 1.11 bits per heavy atom. The zero-order valence-corrected chi connectivity index (χ0v) is 10.4. The summed E-state index contributed by atoms with van der Waals surface area (Å²) >= 11 is 0. The summed E-state index contributed by atoms with van der Waals surface area (Å²) in [7, 11) is 0. The second-order valence-corrected chi connectivity index (χ2v) is 4.96. The number of hydrogen-bond donors (Lipinski definition) is 1. The molecule has 2 atom stereocenters. The van der Waals surface area contributed by atoms with Crippen molar-refractivity contribution in [2.45, 2.75) is 37.6 Å². The highest BCUT2D eigenvalue weighted by Gasteiger charge is 2.26. The van der Waals surface area contributed by atoms with Gasteiger partial charge in [-0.25, -0.2) is 4.68 Å². The van der Waals surface area contributed by atoms with Crippen LogP contribution in [0, 0.1) is 0 Å². The van der Waals surface area contributed by atoms with Crippen LogP contribution in [0.25, 0.3) is 5.69 Å². The molecule has 1 saturated carbocycles. The number of benzene rings is 1. The summed E-state index contributed by atoms with van der Waals surface area (Å²) in [6.07, 6.45) is 6.60. The van der Waals surface area contributed by atoms with E-state index in [0.29, 0.717) is 5.92 Å². The quantitative estimate of drug-likeness (QED) is 0.878. The molecule has 0 saturated heterocycles. The molecule has 4 heteroatoms. The highest BCUT2D eigenvalue weighted by Crippen LogP contribution is 2.32. The molecule has 2 unspecified atom stereocenters. The third-order valence-corrected chi connectivity index (χ3v) is 3.78. The lowest BCUT2D eigenvalue weighted by Gasteiger charge is -2.28. The van der Waals surface area contributed by atoms with E-state index in [4.69, 9.17) is 5.73 Å². The fourth-order valence-corrected chi connectivity index (χ4v) is 2.79. The molecule has 0 spiro atoms. The molecule has 18 heavy (non-hydrogen) atoms. The van der Waals surface area contributed by atoms with E-state index in [0.717, 1.165) is 24.2 Å². The van der Waals surface area contributed by atoms with Gasteiger partial charge in [0.05, 0.1) is 17.6 Å². The van der Waals surface area contributed by atoms with Gasteiger partial charge in [0, 0.05) is 12.0 Å². The van der Waals surface area contributed by atoms with E-state index in [9.17, 15) is 0 Å². The molecule has 0 amide bonds. The molecule has 1 aliphatic rings. The van der Waals surface area contributed by atoms with Crippen LogP contribution >= 0.6 is 0 Å². The summed E-state index contributed by atoms with van der Waals surface area (Å²) in [5.41, 5.74) is 8.45. The van der Waals surface area contributed by atoms with Crippen LogP contribution in [0.5, 0.6) is 0 Å². The third-order valence-electron chi connectivity index (χ3n) is 3.78. The average molecular weight is 242 g/mol. The maximum atomic E-state index is 6.25. The van der Waals surface area contributed by atoms with E-state index >= 15 is 0 Å². The highest BCUT2D eigenvalue weighted by molar-refractivity contribution is 5.32. The summed E-state index contributed by atoms with van der Waals surface area (Å²) in [6, 6.07) is 10.4. The minimum absolute atomic E-state index is 0.236. The number of hydrogen-bond acceptors (Lipinski definition) is 3. The van der Waals surface area contributed by atoms with Crippen molar-refractivity contribution in [1.29, 1.82) is 0 Å². The SMILES string of the molecule is NC1CCCCC1c1cnnn1-c1ccccc1. The summed E-state index contributed by atoms with van der Waals surface area (Å²) in [5, 5.41) is 8.27. The van der Waals surface area contributed by atoms with Gasteiger partial charge < -0.3 is 5.73 Å². The molecule has 1 fully saturated rings. The third kappa shape index (κ3) is 2.04. The minimum Gasteiger partial charge on any atom is -0.327 e. The van der Waals surface area contributed by atoms with Crippen LogP contribution in [0.15, 0.2) is 36.5 Å². The van der Waals surface area contributed by atoms with Gasteiger partial charge in [-0.05, 0) is 25.0 Å². The minimum atomic E-state index is 0.236. The summed E-state index contributed by atoms with van der Waals surface area (Å²) in [5.74, 6) is 0.383. The number of nitrogens with zero attached hydrogens (tertiary/aromatic N) is 3. The van der Waals surface area contributed by atoms with Gasteiger partial charge in [-0.2, -0.15) is 0 Å². The van der Waals surface area contributed by atoms with Gasteiger partial charge in [0.2, 0.25) is 0 Å². The molecule has 1 heterocycles. The zero-order valence-electron chi connectivity index (χ0n) is 10.4. The highest BCUT2D eigenvalue weighted by atomic mass is 15.4. The first-order valence-electron chi connectivity index (χ1n) is 6.58. The standard InChI is InChI=1S/C14H18N4/c15-13-9-5-4-8-12(13)14-10-16-17-18(14)11-6-2-1-3-7-11/h1-3,6-7,10,12-13H,4-5,8-9,15H2. The van der Waals surface area contributed by atoms with Crippen molar-refractivity contribution in [3.8, 4) is 5.69 Å². The van der Waals surface area contributed by atoms with Crippen LogP contribution in [0.2, 0.25) is 0 Å². The zero-order chi connectivity index (χ0) is 12.4. The molecule has 4 nitrogen and oxygen atoms in total. The van der Waals surface area contributed by atoms with Gasteiger partial charge >= 0.3 is 0 Å². The molecule has 3 rings (SSSR count). The van der Waals surface area contributed by atoms with Crippen LogP contribution in [0.1, 0.15) is 37.3 Å². The molecule has 2 N–H and O–H groups in total. The maximum Gasteiger partial charge on any atom is 0.0733 e. The van der Waals surface area contributed by atoms with Crippen molar-refractivity contribution < 1.29 is 0 Å². The van der Waals surface area contributed by atoms with Gasteiger partial charge in [0.25, 0.3) is 0 Å². The Labute approximate surface area is 107 Å². The first kappa shape index (κ1) is 11.4. The van der Waals surface area contributed by atoms with Crippen molar-refractivity contribution in [2.75, 3.05) is 0 Å². The Balaban J connectivity index is 1.96. The summed E-state index contributed by atoms with van der Waals surface area (Å²) < 4.78 is 1.93. The molecule has 0 radical (unpaired) electrons. The number of para-hydroxylation sites is 1. The molecule has 1 aromatic heterocycles. The van der Waals surface area contributed by atoms with E-state index in [-0.39, 0.29) is 6.04 Å². The Morgan fingerprint density at radius 3 is 2.67 bits per heavy atom. The Morgan fingerprint density at radius 2 is 1.89 bits per heavy atom. The Hall–Kier alpha value is -1.68. The van der Waals surface area contributed by atoms with Gasteiger partial charge in [0.1, 0.15) is 0 Å². The van der Waals surface area contributed by atoms with E-state index < -0.39 is 0 Å². The molecular formula is C14H18N4. The lowest BCUT2D eigenvalue weighted by molar-refractivity contribution is 0.374. The van der Waals surface area contributed by atoms with Crippen molar-refractivity contribution in [2.24, 2.45) is 5.73 Å². The van der Waals surface area contributed by atoms with Gasteiger partial charge in [-0.3, -0.25) is 0 Å². The molecule has 1 aliphatic carbocycles. The predicted molar refractivity (Wildman–Crippen MR) is 70.5 cm³/mol. The Bertz CT molecular complexity index is 506. The normalized spacial score (nSPS) is 24.1. The number of rotatable bonds is 2. The van der Waals surface area contributed by atoms with Crippen LogP contribution in [0.3, 0.4) is 0 Å². The maximum absolute atomic E-state index is 6.25. The van der Waals surface area contributed by atoms with Gasteiger partial charge in [-0.15, -0.1) is 5.10 Å². The summed E-state index contributed by atoms with van der Waals surface area (Å²) in [4.78, 5) is 0. The first-order chi connectivity index (χ1) is 8.86. The first-order valence-corrected chi connectivity index (χ1v) is 6.58. The summed E-state index contributed by atoms with van der Waals surface area (Å²) in [6.45, 7) is 0. The average Bonchev–Trinajstić information content (AvgIpc) is 2.89. The second kappa shape index (κ2) is 4.90. The molecular weight excluding hydrogens is 224 g/mol. The fourth-order valence-electron chi connectivity index (χ4n) is 2.79. The molecule has 0 aliphatic heterocycles. The van der Waals surface area contributed by atoms with Crippen LogP contribution in [-0.2, 0) is 0 Å². The molecule has 2 aromatic rings. The second-order valence-electron chi connectivity index (χ2n) is 4.96. The van der Waals surface area contributed by atoms with Gasteiger partial charge in [0.15, 0.2) is 0 Å². The smallest absolute Gasteiger partial charge is 0.0733 e. The lowest BCUT2D eigenvalue weighted by atomic mass is 9.83. The molecule has 0 bridgehead atoms. The molecule has 1 aromatic carbocycles. The van der Waals surface area contributed by atoms with E-state index in [1.165, 1.54) is 12.8 Å². The fraction of sp³-hybridized carbons (Fsp3) is 0.429. The number of aromatic nitrogens is 3. The van der Waals surface area contributed by atoms with Crippen molar-refractivity contribution >= 4 is 0 Å². The largest absolute Gasteiger partial charge is 0.327 e. The molecule has 94 valence electrons. The number of nitrogens with two attached hydrogens (primary N) is 1. The van der Waals surface area contributed by atoms with Crippen molar-refractivity contribution in [3.63, 3.8) is 0 Å². The van der Waals surface area contributed by atoms with Crippen molar-refractivity contribution in [1.82, 2.24) is 15.0 Å². The van der Waals surface area contributed by atoms with Gasteiger partial charge in [-0.1, -0.05) is 36.3 Å². The lowest BCUT2D eigenvalue weighted by Crippen LogP contribution is -2.32. The Kier molecular flexibility index (Phi) is 3.11. The predicted octanol–water partition coefficient (Wildman–Crippen LogP) is 2.25. The van der Waals surface area contributed by atoms with Crippen molar-refractivity contribution in [3.05, 3.63) is 42.2 Å². The van der Waals surface area contributed by atoms with Crippen LogP contribution in [-0.4, -0.2) is 21.0 Å². The topological polar surface area (TPSA) is 56.7 Å². The van der Waals surface area contributed by atoms with E-state index in [2.05, 4.69) is 10.3 Å².